The lowest BCUT2D eigenvalue weighted by molar-refractivity contribution is -0.138. The summed E-state index contributed by atoms with van der Waals surface area (Å²) >= 11 is 0. The largest absolute Gasteiger partial charge is 0.351 e. The molecule has 0 aliphatic carbocycles. The first kappa shape index (κ1) is 17.5. The van der Waals surface area contributed by atoms with E-state index in [1.807, 2.05) is 36.4 Å². The van der Waals surface area contributed by atoms with Gasteiger partial charge in [-0.05, 0) is 43.7 Å². The summed E-state index contributed by atoms with van der Waals surface area (Å²) in [6.45, 7) is 3.54. The summed E-state index contributed by atoms with van der Waals surface area (Å²) in [5.41, 5.74) is 0.964. The van der Waals surface area contributed by atoms with E-state index in [4.69, 9.17) is 0 Å². The highest BCUT2D eigenvalue weighted by molar-refractivity contribution is 6.12. The molecule has 26 heavy (non-hydrogen) atoms. The third-order valence-corrected chi connectivity index (χ3v) is 4.22. The highest BCUT2D eigenvalue weighted by Gasteiger charge is 2.36. The van der Waals surface area contributed by atoms with E-state index in [-0.39, 0.29) is 11.8 Å². The van der Waals surface area contributed by atoms with Gasteiger partial charge in [-0.2, -0.15) is 0 Å². The number of anilines is 1. The summed E-state index contributed by atoms with van der Waals surface area (Å²) in [6.07, 6.45) is 4.99. The predicted molar refractivity (Wildman–Crippen MR) is 100 cm³/mol. The molecule has 6 nitrogen and oxygen atoms in total. The van der Waals surface area contributed by atoms with Gasteiger partial charge in [-0.25, -0.2) is 0 Å². The van der Waals surface area contributed by atoms with Crippen molar-refractivity contribution >= 4 is 28.4 Å². The molecule has 0 aliphatic rings. The number of nitrogens with zero attached hydrogens (tertiary/aromatic N) is 2. The Morgan fingerprint density at radius 2 is 1.69 bits per heavy atom. The van der Waals surface area contributed by atoms with Gasteiger partial charge in [0, 0.05) is 30.5 Å². The Morgan fingerprint density at radius 3 is 2.46 bits per heavy atom. The molecule has 2 amide bonds. The molecule has 3 aromatic rings. The van der Waals surface area contributed by atoms with Crippen molar-refractivity contribution in [3.8, 4) is 0 Å². The monoisotopic (exact) mass is 348 g/mol. The van der Waals surface area contributed by atoms with E-state index >= 15 is 0 Å². The van der Waals surface area contributed by atoms with Crippen molar-refractivity contribution in [2.45, 2.75) is 20.4 Å². The van der Waals surface area contributed by atoms with Crippen molar-refractivity contribution < 1.29 is 9.59 Å². The van der Waals surface area contributed by atoms with Gasteiger partial charge in [0.25, 0.3) is 0 Å². The van der Waals surface area contributed by atoms with Crippen molar-refractivity contribution in [1.82, 2.24) is 15.3 Å². The van der Waals surface area contributed by atoms with Gasteiger partial charge in [-0.3, -0.25) is 19.6 Å². The minimum Gasteiger partial charge on any atom is -0.351 e. The van der Waals surface area contributed by atoms with E-state index in [9.17, 15) is 9.59 Å². The topological polar surface area (TPSA) is 84.0 Å². The Hall–Kier alpha value is -3.28. The minimum absolute atomic E-state index is 0.341. The lowest BCUT2D eigenvalue weighted by Gasteiger charge is -2.23. The van der Waals surface area contributed by atoms with Gasteiger partial charge in [-0.15, -0.1) is 0 Å². The second-order valence-electron chi connectivity index (χ2n) is 6.50. The van der Waals surface area contributed by atoms with Crippen molar-refractivity contribution in [3.63, 3.8) is 0 Å². The quantitative estimate of drug-likeness (QED) is 0.695. The van der Waals surface area contributed by atoms with Crippen molar-refractivity contribution in [3.05, 3.63) is 66.6 Å². The molecule has 0 atom stereocenters. The summed E-state index contributed by atoms with van der Waals surface area (Å²) in [7, 11) is 0. The summed E-state index contributed by atoms with van der Waals surface area (Å²) in [5.74, 6) is -0.733. The maximum absolute atomic E-state index is 12.7. The molecular formula is C20H20N4O2. The molecule has 0 unspecified atom stereocenters. The van der Waals surface area contributed by atoms with Crippen LogP contribution in [0.5, 0.6) is 0 Å². The lowest BCUT2D eigenvalue weighted by Crippen LogP contribution is -2.44. The Labute approximate surface area is 151 Å². The molecule has 0 radical (unpaired) electrons. The van der Waals surface area contributed by atoms with Crippen LogP contribution in [0.2, 0.25) is 0 Å². The molecule has 2 aromatic heterocycles. The lowest BCUT2D eigenvalue weighted by atomic mass is 9.90. The van der Waals surface area contributed by atoms with Crippen LogP contribution in [-0.4, -0.2) is 21.8 Å². The van der Waals surface area contributed by atoms with Gasteiger partial charge in [0.15, 0.2) is 0 Å². The number of carbonyl (C=O) groups is 2. The molecule has 0 fully saturated rings. The van der Waals surface area contributed by atoms with E-state index in [2.05, 4.69) is 20.6 Å². The number of rotatable bonds is 5. The molecule has 0 bridgehead atoms. The standard InChI is InChI=1S/C20H20N4O2/c1-20(2,18(25)23-13-14-8-11-21-12-9-14)19(26)24-16-7-3-5-15-6-4-10-22-17(15)16/h3-12H,13H2,1-2H3,(H,23,25)(H,24,26). The van der Waals surface area contributed by atoms with Gasteiger partial charge >= 0.3 is 0 Å². The Morgan fingerprint density at radius 1 is 0.962 bits per heavy atom. The number of aromatic nitrogens is 2. The third-order valence-electron chi connectivity index (χ3n) is 4.22. The van der Waals surface area contributed by atoms with Gasteiger partial charge < -0.3 is 10.6 Å². The molecule has 0 spiro atoms. The summed E-state index contributed by atoms with van der Waals surface area (Å²) in [4.78, 5) is 33.5. The molecule has 2 N–H and O–H groups in total. The predicted octanol–water partition coefficient (Wildman–Crippen LogP) is 2.91. The average Bonchev–Trinajstić information content (AvgIpc) is 2.67. The van der Waals surface area contributed by atoms with E-state index in [0.29, 0.717) is 17.7 Å². The molecule has 0 aliphatic heterocycles. The van der Waals surface area contributed by atoms with Crippen LogP contribution in [0, 0.1) is 5.41 Å². The number of carbonyl (C=O) groups excluding carboxylic acids is 2. The number of fused-ring (bicyclic) bond motifs is 1. The molecule has 1 aromatic carbocycles. The average molecular weight is 348 g/mol. The zero-order valence-electron chi connectivity index (χ0n) is 14.7. The number of pyridine rings is 2. The zero-order chi connectivity index (χ0) is 18.6. The number of para-hydroxylation sites is 1. The van der Waals surface area contributed by atoms with E-state index in [1.54, 1.807) is 38.5 Å². The van der Waals surface area contributed by atoms with Crippen molar-refractivity contribution in [2.75, 3.05) is 5.32 Å². The Kier molecular flexibility index (Phi) is 4.93. The van der Waals surface area contributed by atoms with Crippen LogP contribution < -0.4 is 10.6 Å². The first-order valence-electron chi connectivity index (χ1n) is 8.31. The first-order chi connectivity index (χ1) is 12.5. The number of hydrogen-bond acceptors (Lipinski definition) is 4. The molecule has 0 saturated heterocycles. The van der Waals surface area contributed by atoms with Gasteiger partial charge in [-0.1, -0.05) is 18.2 Å². The molecule has 3 rings (SSSR count). The van der Waals surface area contributed by atoms with Crippen molar-refractivity contribution in [1.29, 1.82) is 0 Å². The minimum atomic E-state index is -1.23. The van der Waals surface area contributed by atoms with Crippen LogP contribution in [0.4, 0.5) is 5.69 Å². The normalized spacial score (nSPS) is 11.2. The van der Waals surface area contributed by atoms with Crippen LogP contribution in [0.15, 0.2) is 61.1 Å². The van der Waals surface area contributed by atoms with Crippen molar-refractivity contribution in [2.24, 2.45) is 5.41 Å². The van der Waals surface area contributed by atoms with Gasteiger partial charge in [0.2, 0.25) is 11.8 Å². The fourth-order valence-corrected chi connectivity index (χ4v) is 2.49. The highest BCUT2D eigenvalue weighted by Crippen LogP contribution is 2.24. The van der Waals surface area contributed by atoms with Crippen LogP contribution in [-0.2, 0) is 16.1 Å². The number of benzene rings is 1. The Balaban J connectivity index is 1.71. The molecular weight excluding hydrogens is 328 g/mol. The van der Waals surface area contributed by atoms with Crippen LogP contribution in [0.25, 0.3) is 10.9 Å². The summed E-state index contributed by atoms with van der Waals surface area (Å²) in [6, 6.07) is 12.9. The maximum Gasteiger partial charge on any atom is 0.239 e. The molecule has 132 valence electrons. The molecule has 6 heteroatoms. The van der Waals surface area contributed by atoms with Gasteiger partial charge in [0.05, 0.1) is 11.2 Å². The second kappa shape index (κ2) is 7.31. The fraction of sp³-hybridized carbons (Fsp3) is 0.200. The number of hydrogen-bond donors (Lipinski definition) is 2. The second-order valence-corrected chi connectivity index (χ2v) is 6.50. The van der Waals surface area contributed by atoms with Crippen LogP contribution >= 0.6 is 0 Å². The molecule has 0 saturated carbocycles. The van der Waals surface area contributed by atoms with E-state index in [0.717, 1.165) is 10.9 Å². The fourth-order valence-electron chi connectivity index (χ4n) is 2.49. The smallest absolute Gasteiger partial charge is 0.239 e. The first-order valence-corrected chi connectivity index (χ1v) is 8.31. The third kappa shape index (κ3) is 3.69. The number of nitrogens with one attached hydrogen (secondary N) is 2. The van der Waals surface area contributed by atoms with Crippen LogP contribution in [0.3, 0.4) is 0 Å². The Bertz CT molecular complexity index is 933. The van der Waals surface area contributed by atoms with E-state index < -0.39 is 5.41 Å². The summed E-state index contributed by atoms with van der Waals surface area (Å²) in [5, 5.41) is 6.55. The summed E-state index contributed by atoms with van der Waals surface area (Å²) < 4.78 is 0. The maximum atomic E-state index is 12.7. The SMILES string of the molecule is CC(C)(C(=O)NCc1ccncc1)C(=O)Nc1cccc2cccnc12. The van der Waals surface area contributed by atoms with Gasteiger partial charge in [0.1, 0.15) is 5.41 Å². The van der Waals surface area contributed by atoms with Crippen LogP contribution in [0.1, 0.15) is 19.4 Å². The zero-order valence-corrected chi connectivity index (χ0v) is 14.7. The highest BCUT2D eigenvalue weighted by atomic mass is 16.2. The molecule has 2 heterocycles. The number of amides is 2. The van der Waals surface area contributed by atoms with E-state index in [1.165, 1.54) is 0 Å².